The molecule has 4 aromatic rings. The Morgan fingerprint density at radius 3 is 2.34 bits per heavy atom. The van der Waals surface area contributed by atoms with Gasteiger partial charge in [-0.3, -0.25) is 0 Å². The SMILES string of the molecule is Cc1cc(C(=O)O)ccc1-c1cccc2c(CCCOc3cc(Cl)c(Cl)cc3Cl)c(C(=O)O)[nH]c12. The molecule has 0 spiro atoms. The predicted molar refractivity (Wildman–Crippen MR) is 138 cm³/mol. The van der Waals surface area contributed by atoms with Gasteiger partial charge in [0.05, 0.1) is 32.8 Å². The summed E-state index contributed by atoms with van der Waals surface area (Å²) in [6, 6.07) is 13.5. The summed E-state index contributed by atoms with van der Waals surface area (Å²) in [7, 11) is 0. The smallest absolute Gasteiger partial charge is 0.352 e. The van der Waals surface area contributed by atoms with Crippen molar-refractivity contribution in [1.82, 2.24) is 4.98 Å². The number of nitrogens with one attached hydrogen (secondary N) is 1. The molecule has 0 aliphatic heterocycles. The largest absolute Gasteiger partial charge is 0.492 e. The number of halogens is 3. The van der Waals surface area contributed by atoms with Crippen LogP contribution in [0.25, 0.3) is 22.0 Å². The van der Waals surface area contributed by atoms with Gasteiger partial charge in [0.1, 0.15) is 11.4 Å². The lowest BCUT2D eigenvalue weighted by Gasteiger charge is -2.10. The molecule has 0 amide bonds. The number of H-pyrrole nitrogens is 1. The maximum Gasteiger partial charge on any atom is 0.352 e. The zero-order chi connectivity index (χ0) is 25.3. The zero-order valence-corrected chi connectivity index (χ0v) is 20.8. The number of rotatable bonds is 8. The van der Waals surface area contributed by atoms with Gasteiger partial charge in [-0.05, 0) is 54.7 Å². The monoisotopic (exact) mass is 531 g/mol. The van der Waals surface area contributed by atoms with Crippen molar-refractivity contribution < 1.29 is 24.5 Å². The van der Waals surface area contributed by atoms with E-state index in [-0.39, 0.29) is 11.3 Å². The van der Waals surface area contributed by atoms with Crippen molar-refractivity contribution >= 4 is 57.6 Å². The van der Waals surface area contributed by atoms with Gasteiger partial charge in [-0.15, -0.1) is 0 Å². The maximum absolute atomic E-state index is 12.0. The van der Waals surface area contributed by atoms with Gasteiger partial charge in [0.25, 0.3) is 0 Å². The van der Waals surface area contributed by atoms with Gasteiger partial charge < -0.3 is 19.9 Å². The molecule has 180 valence electrons. The molecule has 0 saturated carbocycles. The highest BCUT2D eigenvalue weighted by molar-refractivity contribution is 6.43. The molecule has 3 N–H and O–H groups in total. The number of aromatic nitrogens is 1. The van der Waals surface area contributed by atoms with Gasteiger partial charge in [0.15, 0.2) is 0 Å². The van der Waals surface area contributed by atoms with Crippen LogP contribution in [0.3, 0.4) is 0 Å². The lowest BCUT2D eigenvalue weighted by molar-refractivity contribution is 0.0682. The van der Waals surface area contributed by atoms with Crippen LogP contribution in [0.15, 0.2) is 48.5 Å². The van der Waals surface area contributed by atoms with E-state index in [2.05, 4.69) is 4.98 Å². The van der Waals surface area contributed by atoms with Crippen molar-refractivity contribution in [2.24, 2.45) is 0 Å². The molecule has 1 aromatic heterocycles. The molecule has 0 aliphatic rings. The number of carbonyl (C=O) groups is 2. The van der Waals surface area contributed by atoms with E-state index in [1.54, 1.807) is 18.2 Å². The predicted octanol–water partition coefficient (Wildman–Crippen LogP) is 7.51. The standard InChI is InChI=1S/C26H20Cl3NO5/c1-13-10-14(25(31)32)7-8-15(13)16-4-2-5-17-18(24(26(33)34)30-23(16)17)6-3-9-35-22-12-20(28)19(27)11-21(22)29/h2,4-5,7-8,10-12,30H,3,6,9H2,1H3,(H,31,32)(H,33,34). The van der Waals surface area contributed by atoms with Crippen molar-refractivity contribution in [3.8, 4) is 16.9 Å². The summed E-state index contributed by atoms with van der Waals surface area (Å²) in [4.78, 5) is 26.4. The van der Waals surface area contributed by atoms with Gasteiger partial charge in [0, 0.05) is 17.0 Å². The zero-order valence-electron chi connectivity index (χ0n) is 18.5. The number of aryl methyl sites for hydroxylation is 2. The second kappa shape index (κ2) is 10.2. The van der Waals surface area contributed by atoms with Crippen molar-refractivity contribution in [2.45, 2.75) is 19.8 Å². The highest BCUT2D eigenvalue weighted by atomic mass is 35.5. The van der Waals surface area contributed by atoms with Crippen LogP contribution in [0.1, 0.15) is 38.4 Å². The van der Waals surface area contributed by atoms with Gasteiger partial charge in [-0.25, -0.2) is 9.59 Å². The Kier molecular flexibility index (Phi) is 7.26. The highest BCUT2D eigenvalue weighted by Gasteiger charge is 2.20. The summed E-state index contributed by atoms with van der Waals surface area (Å²) in [5.74, 6) is -1.66. The van der Waals surface area contributed by atoms with E-state index >= 15 is 0 Å². The number of aromatic carboxylic acids is 2. The average molecular weight is 533 g/mol. The quantitative estimate of drug-likeness (QED) is 0.161. The molecule has 35 heavy (non-hydrogen) atoms. The molecular weight excluding hydrogens is 513 g/mol. The first-order chi connectivity index (χ1) is 16.7. The molecule has 0 bridgehead atoms. The minimum atomic E-state index is -1.06. The topological polar surface area (TPSA) is 99.6 Å². The summed E-state index contributed by atoms with van der Waals surface area (Å²) >= 11 is 18.1. The fourth-order valence-corrected chi connectivity index (χ4v) is 4.68. The Balaban J connectivity index is 1.63. The van der Waals surface area contributed by atoms with Gasteiger partial charge in [-0.2, -0.15) is 0 Å². The van der Waals surface area contributed by atoms with E-state index in [4.69, 9.17) is 39.5 Å². The molecule has 0 fully saturated rings. The highest BCUT2D eigenvalue weighted by Crippen LogP contribution is 2.36. The first-order valence-corrected chi connectivity index (χ1v) is 11.8. The van der Waals surface area contributed by atoms with Crippen LogP contribution >= 0.6 is 34.8 Å². The van der Waals surface area contributed by atoms with Crippen molar-refractivity contribution in [2.75, 3.05) is 6.61 Å². The van der Waals surface area contributed by atoms with E-state index in [1.807, 2.05) is 25.1 Å². The Morgan fingerprint density at radius 2 is 1.66 bits per heavy atom. The number of benzene rings is 3. The van der Waals surface area contributed by atoms with Crippen LogP contribution in [-0.4, -0.2) is 33.7 Å². The van der Waals surface area contributed by atoms with E-state index in [1.165, 1.54) is 12.1 Å². The summed E-state index contributed by atoms with van der Waals surface area (Å²) < 4.78 is 5.74. The fourth-order valence-electron chi connectivity index (χ4n) is 4.09. The first kappa shape index (κ1) is 24.9. The first-order valence-electron chi connectivity index (χ1n) is 10.7. The van der Waals surface area contributed by atoms with E-state index in [0.29, 0.717) is 51.3 Å². The lowest BCUT2D eigenvalue weighted by atomic mass is 9.95. The van der Waals surface area contributed by atoms with Crippen molar-refractivity contribution in [3.63, 3.8) is 0 Å². The van der Waals surface area contributed by atoms with Crippen LogP contribution < -0.4 is 4.74 Å². The average Bonchev–Trinajstić information content (AvgIpc) is 3.19. The third-order valence-electron chi connectivity index (χ3n) is 5.72. The van der Waals surface area contributed by atoms with E-state index in [0.717, 1.165) is 22.1 Å². The van der Waals surface area contributed by atoms with Gasteiger partial charge in [-0.1, -0.05) is 59.1 Å². The molecule has 0 radical (unpaired) electrons. The molecule has 0 aliphatic carbocycles. The number of para-hydroxylation sites is 1. The van der Waals surface area contributed by atoms with Crippen LogP contribution in [0.2, 0.25) is 15.1 Å². The summed E-state index contributed by atoms with van der Waals surface area (Å²) in [6.45, 7) is 2.12. The minimum absolute atomic E-state index is 0.111. The molecule has 6 nitrogen and oxygen atoms in total. The third kappa shape index (κ3) is 5.10. The number of aromatic amines is 1. The Hall–Kier alpha value is -3.19. The Labute approximate surface area is 216 Å². The summed E-state index contributed by atoms with van der Waals surface area (Å²) in [6.07, 6.45) is 0.974. The van der Waals surface area contributed by atoms with Crippen LogP contribution in [0, 0.1) is 6.92 Å². The Morgan fingerprint density at radius 1 is 0.914 bits per heavy atom. The van der Waals surface area contributed by atoms with Crippen LogP contribution in [0.5, 0.6) is 5.75 Å². The van der Waals surface area contributed by atoms with Crippen molar-refractivity contribution in [3.05, 3.63) is 86.0 Å². The van der Waals surface area contributed by atoms with Gasteiger partial charge in [0.2, 0.25) is 0 Å². The number of hydrogen-bond donors (Lipinski definition) is 3. The number of fused-ring (bicyclic) bond motifs is 1. The molecule has 0 unspecified atom stereocenters. The fraction of sp³-hybridized carbons (Fsp3) is 0.154. The second-order valence-electron chi connectivity index (χ2n) is 8.00. The molecule has 3 aromatic carbocycles. The molecule has 1 heterocycles. The lowest BCUT2D eigenvalue weighted by Crippen LogP contribution is -2.04. The number of carboxylic acids is 2. The molecule has 4 rings (SSSR count). The third-order valence-corrected chi connectivity index (χ3v) is 6.74. The summed E-state index contributed by atoms with van der Waals surface area (Å²) in [5, 5.41) is 20.9. The molecule has 0 atom stereocenters. The number of hydrogen-bond acceptors (Lipinski definition) is 3. The molecular formula is C26H20Cl3NO5. The van der Waals surface area contributed by atoms with E-state index < -0.39 is 11.9 Å². The van der Waals surface area contributed by atoms with E-state index in [9.17, 15) is 19.8 Å². The number of carboxylic acid groups (broad SMARTS) is 2. The van der Waals surface area contributed by atoms with Crippen LogP contribution in [0.4, 0.5) is 0 Å². The minimum Gasteiger partial charge on any atom is -0.492 e. The Bertz CT molecular complexity index is 1460. The normalized spacial score (nSPS) is 11.1. The summed E-state index contributed by atoms with van der Waals surface area (Å²) in [5.41, 5.74) is 4.04. The second-order valence-corrected chi connectivity index (χ2v) is 9.22. The van der Waals surface area contributed by atoms with Gasteiger partial charge >= 0.3 is 11.9 Å². The van der Waals surface area contributed by atoms with Crippen molar-refractivity contribution in [1.29, 1.82) is 0 Å². The maximum atomic E-state index is 12.0. The molecule has 0 saturated heterocycles. The number of ether oxygens (including phenoxy) is 1. The van der Waals surface area contributed by atoms with Crippen LogP contribution in [-0.2, 0) is 6.42 Å². The molecule has 9 heteroatoms.